The standard InChI is InChI=1S/C13H16IN3O3/c14-9-6-7(3-4-10(9)17(18)19)16-12-11(15)8-2-1-5-20-13(8)12/h3-4,6,8,11-13,16H,1-2,5,15H2. The Labute approximate surface area is 130 Å². The second-order valence-electron chi connectivity index (χ2n) is 5.31. The third-order valence-electron chi connectivity index (χ3n) is 4.15. The highest BCUT2D eigenvalue weighted by Crippen LogP contribution is 2.39. The van der Waals surface area contributed by atoms with E-state index < -0.39 is 0 Å². The third kappa shape index (κ3) is 2.38. The first kappa shape index (κ1) is 14.0. The Kier molecular flexibility index (Phi) is 3.83. The molecule has 1 aliphatic carbocycles. The fourth-order valence-corrected chi connectivity index (χ4v) is 3.78. The number of nitrogens with one attached hydrogen (secondary N) is 1. The van der Waals surface area contributed by atoms with E-state index in [1.54, 1.807) is 12.1 Å². The highest BCUT2D eigenvalue weighted by atomic mass is 127. The second-order valence-corrected chi connectivity index (χ2v) is 6.47. The summed E-state index contributed by atoms with van der Waals surface area (Å²) in [5.41, 5.74) is 7.17. The van der Waals surface area contributed by atoms with E-state index in [4.69, 9.17) is 10.5 Å². The molecule has 2 aliphatic rings. The molecule has 2 fully saturated rings. The Bertz CT molecular complexity index is 540. The number of benzene rings is 1. The van der Waals surface area contributed by atoms with E-state index in [0.29, 0.717) is 9.49 Å². The van der Waals surface area contributed by atoms with Crippen molar-refractivity contribution in [1.29, 1.82) is 0 Å². The lowest BCUT2D eigenvalue weighted by atomic mass is 9.68. The predicted molar refractivity (Wildman–Crippen MR) is 83.7 cm³/mol. The molecule has 4 atom stereocenters. The minimum Gasteiger partial charge on any atom is -0.378 e. The Morgan fingerprint density at radius 3 is 3.00 bits per heavy atom. The summed E-state index contributed by atoms with van der Waals surface area (Å²) < 4.78 is 6.39. The molecule has 3 rings (SSSR count). The fourth-order valence-electron chi connectivity index (χ4n) is 3.06. The molecule has 1 saturated carbocycles. The molecule has 108 valence electrons. The summed E-state index contributed by atoms with van der Waals surface area (Å²) in [6, 6.07) is 5.21. The maximum atomic E-state index is 10.8. The Morgan fingerprint density at radius 2 is 2.30 bits per heavy atom. The van der Waals surface area contributed by atoms with Crippen molar-refractivity contribution in [1.82, 2.24) is 0 Å². The fraction of sp³-hybridized carbons (Fsp3) is 0.538. The van der Waals surface area contributed by atoms with Gasteiger partial charge in [-0.05, 0) is 47.6 Å². The molecule has 0 radical (unpaired) electrons. The van der Waals surface area contributed by atoms with Crippen LogP contribution < -0.4 is 11.1 Å². The summed E-state index contributed by atoms with van der Waals surface area (Å²) in [5, 5.41) is 14.2. The van der Waals surface area contributed by atoms with Crippen molar-refractivity contribution in [2.75, 3.05) is 11.9 Å². The summed E-state index contributed by atoms with van der Waals surface area (Å²) in [6.45, 7) is 0.795. The maximum absolute atomic E-state index is 10.8. The number of nitrogens with two attached hydrogens (primary N) is 1. The van der Waals surface area contributed by atoms with Gasteiger partial charge in [0.2, 0.25) is 0 Å². The van der Waals surface area contributed by atoms with Crippen LogP contribution in [0.15, 0.2) is 18.2 Å². The summed E-state index contributed by atoms with van der Waals surface area (Å²) in [6.07, 6.45) is 2.38. The number of hydrogen-bond acceptors (Lipinski definition) is 5. The molecule has 0 bridgehead atoms. The molecule has 1 saturated heterocycles. The van der Waals surface area contributed by atoms with E-state index >= 15 is 0 Å². The number of halogens is 1. The van der Waals surface area contributed by atoms with Gasteiger partial charge in [0.1, 0.15) is 0 Å². The van der Waals surface area contributed by atoms with Crippen LogP contribution in [0, 0.1) is 19.6 Å². The monoisotopic (exact) mass is 389 g/mol. The first-order chi connectivity index (χ1) is 9.58. The summed E-state index contributed by atoms with van der Waals surface area (Å²) >= 11 is 1.98. The number of ether oxygens (including phenoxy) is 1. The molecule has 0 amide bonds. The van der Waals surface area contributed by atoms with Crippen LogP contribution >= 0.6 is 22.6 Å². The van der Waals surface area contributed by atoms with Gasteiger partial charge in [-0.3, -0.25) is 10.1 Å². The highest BCUT2D eigenvalue weighted by Gasteiger charge is 2.50. The lowest BCUT2D eigenvalue weighted by Crippen LogP contribution is -2.69. The van der Waals surface area contributed by atoms with Crippen LogP contribution in [0.5, 0.6) is 0 Å². The van der Waals surface area contributed by atoms with Crippen LogP contribution in [-0.2, 0) is 4.74 Å². The van der Waals surface area contributed by atoms with E-state index in [-0.39, 0.29) is 28.8 Å². The predicted octanol–water partition coefficient (Wildman–Crippen LogP) is 2.12. The molecule has 6 nitrogen and oxygen atoms in total. The van der Waals surface area contributed by atoms with Gasteiger partial charge < -0.3 is 15.8 Å². The topological polar surface area (TPSA) is 90.4 Å². The van der Waals surface area contributed by atoms with E-state index in [1.807, 2.05) is 22.6 Å². The van der Waals surface area contributed by atoms with Crippen LogP contribution in [0.3, 0.4) is 0 Å². The number of nitro benzene ring substituents is 1. The van der Waals surface area contributed by atoms with Gasteiger partial charge in [-0.1, -0.05) is 0 Å². The lowest BCUT2D eigenvalue weighted by molar-refractivity contribution is -0.385. The second kappa shape index (κ2) is 5.45. The number of rotatable bonds is 3. The van der Waals surface area contributed by atoms with Crippen molar-refractivity contribution in [3.05, 3.63) is 31.9 Å². The van der Waals surface area contributed by atoms with Gasteiger partial charge in [-0.15, -0.1) is 0 Å². The number of hydrogen-bond donors (Lipinski definition) is 2. The average molecular weight is 389 g/mol. The summed E-state index contributed by atoms with van der Waals surface area (Å²) in [5.74, 6) is 0.443. The molecule has 1 heterocycles. The first-order valence-electron chi connectivity index (χ1n) is 6.65. The van der Waals surface area contributed by atoms with Crippen molar-refractivity contribution in [2.45, 2.75) is 31.0 Å². The third-order valence-corrected chi connectivity index (χ3v) is 5.02. The van der Waals surface area contributed by atoms with Gasteiger partial charge in [0.05, 0.1) is 20.6 Å². The van der Waals surface area contributed by atoms with Gasteiger partial charge in [0, 0.05) is 30.3 Å². The van der Waals surface area contributed by atoms with Crippen LogP contribution in [0.1, 0.15) is 12.8 Å². The molecule has 4 unspecified atom stereocenters. The quantitative estimate of drug-likeness (QED) is 0.470. The zero-order valence-corrected chi connectivity index (χ0v) is 12.9. The van der Waals surface area contributed by atoms with Gasteiger partial charge in [-0.25, -0.2) is 0 Å². The Morgan fingerprint density at radius 1 is 1.50 bits per heavy atom. The van der Waals surface area contributed by atoms with Gasteiger partial charge >= 0.3 is 0 Å². The van der Waals surface area contributed by atoms with Crippen LogP contribution in [0.25, 0.3) is 0 Å². The minimum absolute atomic E-state index is 0.0909. The Balaban J connectivity index is 1.72. The zero-order chi connectivity index (χ0) is 14.3. The van der Waals surface area contributed by atoms with Crippen molar-refractivity contribution in [3.8, 4) is 0 Å². The molecule has 1 aliphatic heterocycles. The van der Waals surface area contributed by atoms with Crippen LogP contribution in [-0.4, -0.2) is 29.7 Å². The van der Waals surface area contributed by atoms with Gasteiger partial charge in [0.25, 0.3) is 5.69 Å². The largest absolute Gasteiger partial charge is 0.378 e. The molecule has 1 aromatic rings. The molecule has 0 spiro atoms. The average Bonchev–Trinajstić information content (AvgIpc) is 2.44. The number of fused-ring (bicyclic) bond motifs is 1. The molecule has 3 N–H and O–H groups in total. The summed E-state index contributed by atoms with van der Waals surface area (Å²) in [4.78, 5) is 10.4. The van der Waals surface area contributed by atoms with Crippen molar-refractivity contribution in [2.24, 2.45) is 11.7 Å². The zero-order valence-electron chi connectivity index (χ0n) is 10.8. The lowest BCUT2D eigenvalue weighted by Gasteiger charge is -2.52. The first-order valence-corrected chi connectivity index (χ1v) is 7.73. The molecule has 7 heteroatoms. The van der Waals surface area contributed by atoms with E-state index in [0.717, 1.165) is 25.1 Å². The van der Waals surface area contributed by atoms with E-state index in [9.17, 15) is 10.1 Å². The van der Waals surface area contributed by atoms with Crippen molar-refractivity contribution < 1.29 is 9.66 Å². The number of anilines is 1. The molecular weight excluding hydrogens is 373 g/mol. The van der Waals surface area contributed by atoms with Gasteiger partial charge in [-0.2, -0.15) is 0 Å². The summed E-state index contributed by atoms with van der Waals surface area (Å²) in [7, 11) is 0. The number of nitro groups is 1. The van der Waals surface area contributed by atoms with E-state index in [2.05, 4.69) is 5.32 Å². The van der Waals surface area contributed by atoms with Crippen LogP contribution in [0.4, 0.5) is 11.4 Å². The van der Waals surface area contributed by atoms with Gasteiger partial charge in [0.15, 0.2) is 0 Å². The normalized spacial score (nSPS) is 32.1. The van der Waals surface area contributed by atoms with Crippen molar-refractivity contribution in [3.63, 3.8) is 0 Å². The maximum Gasteiger partial charge on any atom is 0.282 e. The van der Waals surface area contributed by atoms with E-state index in [1.165, 1.54) is 6.07 Å². The molecule has 1 aromatic carbocycles. The number of nitrogens with zero attached hydrogens (tertiary/aromatic N) is 1. The van der Waals surface area contributed by atoms with Crippen molar-refractivity contribution >= 4 is 34.0 Å². The SMILES string of the molecule is NC1C2CCCOC2C1Nc1ccc([N+](=O)[O-])c(I)c1. The minimum atomic E-state index is -0.374. The van der Waals surface area contributed by atoms with Crippen LogP contribution in [0.2, 0.25) is 0 Å². The molecular formula is C13H16IN3O3. The highest BCUT2D eigenvalue weighted by molar-refractivity contribution is 14.1. The Hall–Kier alpha value is -0.930. The molecule has 20 heavy (non-hydrogen) atoms. The smallest absolute Gasteiger partial charge is 0.282 e. The molecule has 0 aromatic heterocycles.